The van der Waals surface area contributed by atoms with Gasteiger partial charge in [0.2, 0.25) is 0 Å². The molecule has 5 nitrogen and oxygen atoms in total. The first-order valence-corrected chi connectivity index (χ1v) is 4.39. The summed E-state index contributed by atoms with van der Waals surface area (Å²) in [6.45, 7) is -0.0872. The van der Waals surface area contributed by atoms with E-state index in [1.54, 1.807) is 0 Å². The van der Waals surface area contributed by atoms with Gasteiger partial charge in [-0.2, -0.15) is 4.98 Å². The number of aliphatic hydroxyl groups excluding tert-OH is 1. The molecule has 0 aliphatic carbocycles. The quantitative estimate of drug-likeness (QED) is 0.741. The van der Waals surface area contributed by atoms with E-state index in [4.69, 9.17) is 10.8 Å². The Morgan fingerprint density at radius 3 is 3.00 bits per heavy atom. The highest BCUT2D eigenvalue weighted by molar-refractivity contribution is 5.23. The van der Waals surface area contributed by atoms with Gasteiger partial charge in [0.1, 0.15) is 5.82 Å². The van der Waals surface area contributed by atoms with Gasteiger partial charge in [0.05, 0.1) is 12.9 Å². The lowest BCUT2D eigenvalue weighted by molar-refractivity contribution is 0.321. The van der Waals surface area contributed by atoms with Crippen molar-refractivity contribution in [1.82, 2.24) is 9.55 Å². The van der Waals surface area contributed by atoms with Crippen LogP contribution in [0.3, 0.4) is 0 Å². The number of hydrogen-bond acceptors (Lipinski definition) is 4. The molecular formula is C9H12FN3O2. The largest absolute Gasteiger partial charge is 0.392 e. The van der Waals surface area contributed by atoms with Crippen LogP contribution in [0.1, 0.15) is 6.42 Å². The summed E-state index contributed by atoms with van der Waals surface area (Å²) in [7, 11) is 0. The first kappa shape index (κ1) is 11.4. The Bertz CT molecular complexity index is 414. The van der Waals surface area contributed by atoms with Gasteiger partial charge in [-0.1, -0.05) is 0 Å². The Hall–Kier alpha value is -1.69. The van der Waals surface area contributed by atoms with Gasteiger partial charge in [0, 0.05) is 12.7 Å². The standard InChI is InChI=1S/C9H12FN3O2/c10-5-7(6-14)1-3-13-4-2-8(11)12-9(13)15/h2,4-5,14H,1,3,6H2,(H2,11,12,15)/b7-5-. The molecule has 0 aliphatic rings. The highest BCUT2D eigenvalue weighted by Crippen LogP contribution is 2.02. The van der Waals surface area contributed by atoms with Crippen molar-refractivity contribution in [2.24, 2.45) is 0 Å². The molecule has 0 radical (unpaired) electrons. The molecule has 1 heterocycles. The van der Waals surface area contributed by atoms with Gasteiger partial charge >= 0.3 is 5.69 Å². The fraction of sp³-hybridized carbons (Fsp3) is 0.333. The zero-order valence-electron chi connectivity index (χ0n) is 8.06. The van der Waals surface area contributed by atoms with Crippen LogP contribution in [0.2, 0.25) is 0 Å². The number of rotatable bonds is 4. The molecule has 1 aromatic rings. The van der Waals surface area contributed by atoms with Crippen molar-refractivity contribution in [2.45, 2.75) is 13.0 Å². The smallest absolute Gasteiger partial charge is 0.349 e. The molecule has 1 aromatic heterocycles. The molecule has 0 spiro atoms. The van der Waals surface area contributed by atoms with Gasteiger partial charge < -0.3 is 10.8 Å². The monoisotopic (exact) mass is 213 g/mol. The third-order valence-corrected chi connectivity index (χ3v) is 1.93. The van der Waals surface area contributed by atoms with E-state index in [1.807, 2.05) is 0 Å². The van der Waals surface area contributed by atoms with Gasteiger partial charge in [0.15, 0.2) is 0 Å². The Kier molecular flexibility index (Phi) is 3.99. The summed E-state index contributed by atoms with van der Waals surface area (Å²) in [5.41, 5.74) is 5.05. The molecule has 0 aromatic carbocycles. The number of aliphatic hydroxyl groups is 1. The Labute approximate surface area is 85.7 Å². The molecule has 0 bridgehead atoms. The van der Waals surface area contributed by atoms with Crippen LogP contribution >= 0.6 is 0 Å². The first-order valence-electron chi connectivity index (χ1n) is 4.39. The van der Waals surface area contributed by atoms with Gasteiger partial charge in [-0.25, -0.2) is 9.18 Å². The van der Waals surface area contributed by atoms with Crippen LogP contribution in [0.25, 0.3) is 0 Å². The summed E-state index contributed by atoms with van der Waals surface area (Å²) in [6, 6.07) is 1.49. The van der Waals surface area contributed by atoms with E-state index in [1.165, 1.54) is 16.8 Å². The van der Waals surface area contributed by atoms with Crippen LogP contribution in [-0.4, -0.2) is 21.3 Å². The molecule has 6 heteroatoms. The van der Waals surface area contributed by atoms with Crippen molar-refractivity contribution < 1.29 is 9.50 Å². The summed E-state index contributed by atoms with van der Waals surface area (Å²) in [4.78, 5) is 14.7. The fourth-order valence-electron chi connectivity index (χ4n) is 1.04. The van der Waals surface area contributed by atoms with Crippen molar-refractivity contribution in [3.8, 4) is 0 Å². The second kappa shape index (κ2) is 5.26. The zero-order chi connectivity index (χ0) is 11.3. The lowest BCUT2D eigenvalue weighted by Crippen LogP contribution is -2.23. The minimum absolute atomic E-state index is 0.152. The van der Waals surface area contributed by atoms with E-state index in [0.29, 0.717) is 6.33 Å². The van der Waals surface area contributed by atoms with E-state index in [-0.39, 0.29) is 31.0 Å². The molecule has 0 saturated carbocycles. The number of hydrogen-bond donors (Lipinski definition) is 2. The second-order valence-electron chi connectivity index (χ2n) is 3.00. The van der Waals surface area contributed by atoms with Crippen molar-refractivity contribution >= 4 is 5.82 Å². The molecule has 0 saturated heterocycles. The summed E-state index contributed by atoms with van der Waals surface area (Å²) in [5, 5.41) is 8.69. The minimum Gasteiger partial charge on any atom is -0.392 e. The summed E-state index contributed by atoms with van der Waals surface area (Å²) in [6.07, 6.45) is 2.09. The van der Waals surface area contributed by atoms with E-state index in [2.05, 4.69) is 4.98 Å². The maximum Gasteiger partial charge on any atom is 0.349 e. The minimum atomic E-state index is -0.480. The number of aryl methyl sites for hydroxylation is 1. The first-order chi connectivity index (χ1) is 7.17. The average molecular weight is 213 g/mol. The molecule has 0 amide bonds. The zero-order valence-corrected chi connectivity index (χ0v) is 8.06. The molecule has 0 atom stereocenters. The predicted molar refractivity (Wildman–Crippen MR) is 53.8 cm³/mol. The molecule has 15 heavy (non-hydrogen) atoms. The highest BCUT2D eigenvalue weighted by Gasteiger charge is 2.00. The third-order valence-electron chi connectivity index (χ3n) is 1.93. The van der Waals surface area contributed by atoms with Gasteiger partial charge in [-0.3, -0.25) is 4.57 Å². The topological polar surface area (TPSA) is 81.1 Å². The van der Waals surface area contributed by atoms with Crippen LogP contribution in [0.15, 0.2) is 29.0 Å². The van der Waals surface area contributed by atoms with Crippen LogP contribution in [0, 0.1) is 0 Å². The summed E-state index contributed by atoms with van der Waals surface area (Å²) >= 11 is 0. The molecule has 1 rings (SSSR count). The molecule has 0 unspecified atom stereocenters. The predicted octanol–water partition coefficient (Wildman–Crippen LogP) is 0.0613. The van der Waals surface area contributed by atoms with Crippen LogP contribution in [0.4, 0.5) is 10.2 Å². The lowest BCUT2D eigenvalue weighted by Gasteiger charge is -2.05. The molecule has 82 valence electrons. The Balaban J connectivity index is 2.70. The third kappa shape index (κ3) is 3.17. The SMILES string of the molecule is Nc1ccn(CC/C(=C/F)CO)c(=O)n1. The van der Waals surface area contributed by atoms with Crippen molar-refractivity contribution in [2.75, 3.05) is 12.3 Å². The van der Waals surface area contributed by atoms with Gasteiger partial charge in [-0.05, 0) is 18.1 Å². The van der Waals surface area contributed by atoms with E-state index in [0.717, 1.165) is 0 Å². The molecule has 0 fully saturated rings. The number of halogens is 1. The number of nitrogens with zero attached hydrogens (tertiary/aromatic N) is 2. The van der Waals surface area contributed by atoms with Crippen molar-refractivity contribution in [3.05, 3.63) is 34.7 Å². The van der Waals surface area contributed by atoms with E-state index in [9.17, 15) is 9.18 Å². The van der Waals surface area contributed by atoms with Gasteiger partial charge in [-0.15, -0.1) is 0 Å². The van der Waals surface area contributed by atoms with E-state index < -0.39 is 5.69 Å². The number of aromatic nitrogens is 2. The van der Waals surface area contributed by atoms with Crippen LogP contribution in [0.5, 0.6) is 0 Å². The number of nitrogens with two attached hydrogens (primary N) is 1. The molecular weight excluding hydrogens is 201 g/mol. The summed E-state index contributed by atoms with van der Waals surface area (Å²) in [5.74, 6) is 0.152. The highest BCUT2D eigenvalue weighted by atomic mass is 19.1. The normalized spacial score (nSPS) is 11.7. The molecule has 3 N–H and O–H groups in total. The molecule has 0 aliphatic heterocycles. The maximum atomic E-state index is 12.1. The second-order valence-corrected chi connectivity index (χ2v) is 3.00. The Morgan fingerprint density at radius 1 is 1.73 bits per heavy atom. The maximum absolute atomic E-state index is 12.1. The summed E-state index contributed by atoms with van der Waals surface area (Å²) < 4.78 is 13.4. The average Bonchev–Trinajstić information content (AvgIpc) is 2.22. The van der Waals surface area contributed by atoms with Crippen molar-refractivity contribution in [1.29, 1.82) is 0 Å². The Morgan fingerprint density at radius 2 is 2.47 bits per heavy atom. The van der Waals surface area contributed by atoms with Gasteiger partial charge in [0.25, 0.3) is 0 Å². The fourth-order valence-corrected chi connectivity index (χ4v) is 1.04. The number of anilines is 1. The van der Waals surface area contributed by atoms with E-state index >= 15 is 0 Å². The lowest BCUT2D eigenvalue weighted by atomic mass is 10.2. The van der Waals surface area contributed by atoms with Crippen LogP contribution < -0.4 is 11.4 Å². The van der Waals surface area contributed by atoms with Crippen LogP contribution in [-0.2, 0) is 6.54 Å². The van der Waals surface area contributed by atoms with Crippen molar-refractivity contribution in [3.63, 3.8) is 0 Å². The number of nitrogen functional groups attached to an aromatic ring is 1.